The standard InChI is InChI=1S/C11H19NO3/c1-4-7(3)8-6-9(13)12-10(8)11(14)15-5-2/h7-8,10H,4-6H2,1-3H3,(H,12,13). The van der Waals surface area contributed by atoms with Gasteiger partial charge in [0.1, 0.15) is 6.04 Å². The van der Waals surface area contributed by atoms with Crippen LogP contribution in [0.15, 0.2) is 0 Å². The van der Waals surface area contributed by atoms with Crippen LogP contribution in [0.3, 0.4) is 0 Å². The minimum Gasteiger partial charge on any atom is -0.464 e. The summed E-state index contributed by atoms with van der Waals surface area (Å²) in [7, 11) is 0. The lowest BCUT2D eigenvalue weighted by Crippen LogP contribution is -2.40. The minimum absolute atomic E-state index is 0.0432. The van der Waals surface area contributed by atoms with Gasteiger partial charge >= 0.3 is 5.97 Å². The lowest BCUT2D eigenvalue weighted by molar-refractivity contribution is -0.147. The van der Waals surface area contributed by atoms with Gasteiger partial charge in [0.25, 0.3) is 0 Å². The summed E-state index contributed by atoms with van der Waals surface area (Å²) in [5, 5.41) is 2.69. The molecular weight excluding hydrogens is 194 g/mol. The maximum Gasteiger partial charge on any atom is 0.328 e. The van der Waals surface area contributed by atoms with Crippen molar-refractivity contribution >= 4 is 11.9 Å². The third-order valence-electron chi connectivity index (χ3n) is 3.08. The molecule has 0 bridgehead atoms. The molecule has 1 heterocycles. The zero-order valence-electron chi connectivity index (χ0n) is 9.58. The third-order valence-corrected chi connectivity index (χ3v) is 3.08. The summed E-state index contributed by atoms with van der Waals surface area (Å²) < 4.78 is 4.95. The number of esters is 1. The van der Waals surface area contributed by atoms with Gasteiger partial charge in [-0.05, 0) is 12.8 Å². The Balaban J connectivity index is 2.68. The first-order valence-electron chi connectivity index (χ1n) is 5.56. The predicted octanol–water partition coefficient (Wildman–Crippen LogP) is 1.10. The average molecular weight is 213 g/mol. The number of hydrogen-bond donors (Lipinski definition) is 1. The predicted molar refractivity (Wildman–Crippen MR) is 56.1 cm³/mol. The summed E-state index contributed by atoms with van der Waals surface area (Å²) in [4.78, 5) is 22.9. The fraction of sp³-hybridized carbons (Fsp3) is 0.818. The first kappa shape index (κ1) is 12.0. The lowest BCUT2D eigenvalue weighted by Gasteiger charge is -2.22. The molecule has 0 radical (unpaired) electrons. The van der Waals surface area contributed by atoms with Gasteiger partial charge in [-0.15, -0.1) is 0 Å². The Labute approximate surface area is 90.4 Å². The second-order valence-electron chi connectivity index (χ2n) is 4.05. The van der Waals surface area contributed by atoms with E-state index < -0.39 is 6.04 Å². The van der Waals surface area contributed by atoms with Crippen molar-refractivity contribution < 1.29 is 14.3 Å². The summed E-state index contributed by atoms with van der Waals surface area (Å²) >= 11 is 0. The van der Waals surface area contributed by atoms with E-state index in [1.165, 1.54) is 0 Å². The Morgan fingerprint density at radius 2 is 2.27 bits per heavy atom. The number of carbonyl (C=O) groups is 2. The topological polar surface area (TPSA) is 55.4 Å². The van der Waals surface area contributed by atoms with E-state index in [9.17, 15) is 9.59 Å². The van der Waals surface area contributed by atoms with Crippen LogP contribution in [0.1, 0.15) is 33.6 Å². The first-order chi connectivity index (χ1) is 7.10. The van der Waals surface area contributed by atoms with Crippen LogP contribution >= 0.6 is 0 Å². The van der Waals surface area contributed by atoms with Crippen LogP contribution < -0.4 is 5.32 Å². The molecule has 1 amide bonds. The fourth-order valence-electron chi connectivity index (χ4n) is 1.97. The van der Waals surface area contributed by atoms with Crippen molar-refractivity contribution in [1.29, 1.82) is 0 Å². The van der Waals surface area contributed by atoms with Crippen molar-refractivity contribution in [2.75, 3.05) is 6.61 Å². The van der Waals surface area contributed by atoms with Crippen molar-refractivity contribution in [3.05, 3.63) is 0 Å². The maximum atomic E-state index is 11.6. The Bertz CT molecular complexity index is 252. The maximum absolute atomic E-state index is 11.6. The van der Waals surface area contributed by atoms with Crippen LogP contribution in [-0.2, 0) is 14.3 Å². The number of carbonyl (C=O) groups excluding carboxylic acids is 2. The zero-order valence-corrected chi connectivity index (χ0v) is 9.58. The van der Waals surface area contributed by atoms with Gasteiger partial charge in [-0.25, -0.2) is 4.79 Å². The van der Waals surface area contributed by atoms with Crippen molar-refractivity contribution in [1.82, 2.24) is 5.32 Å². The van der Waals surface area contributed by atoms with Crippen LogP contribution in [0.5, 0.6) is 0 Å². The fourth-order valence-corrected chi connectivity index (χ4v) is 1.97. The highest BCUT2D eigenvalue weighted by Crippen LogP contribution is 2.27. The number of amides is 1. The molecule has 0 aromatic carbocycles. The van der Waals surface area contributed by atoms with Crippen molar-refractivity contribution in [2.45, 2.75) is 39.7 Å². The SMILES string of the molecule is CCOC(=O)C1NC(=O)CC1C(C)CC. The van der Waals surface area contributed by atoms with Crippen LogP contribution in [0.4, 0.5) is 0 Å². The third kappa shape index (κ3) is 2.70. The number of rotatable bonds is 4. The highest BCUT2D eigenvalue weighted by Gasteiger charge is 2.40. The van der Waals surface area contributed by atoms with E-state index in [-0.39, 0.29) is 17.8 Å². The molecule has 4 heteroatoms. The Kier molecular flexibility index (Phi) is 4.12. The molecule has 1 N–H and O–H groups in total. The van der Waals surface area contributed by atoms with E-state index in [0.717, 1.165) is 6.42 Å². The van der Waals surface area contributed by atoms with Crippen LogP contribution in [0, 0.1) is 11.8 Å². The van der Waals surface area contributed by atoms with Crippen LogP contribution in [0.2, 0.25) is 0 Å². The molecule has 1 rings (SSSR count). The zero-order chi connectivity index (χ0) is 11.4. The highest BCUT2D eigenvalue weighted by atomic mass is 16.5. The number of hydrogen-bond acceptors (Lipinski definition) is 3. The molecule has 4 nitrogen and oxygen atoms in total. The average Bonchev–Trinajstić information content (AvgIpc) is 2.59. The summed E-state index contributed by atoms with van der Waals surface area (Å²) in [6.45, 7) is 6.26. The minimum atomic E-state index is -0.438. The summed E-state index contributed by atoms with van der Waals surface area (Å²) in [5.74, 6) is 0.104. The smallest absolute Gasteiger partial charge is 0.328 e. The Morgan fingerprint density at radius 1 is 1.60 bits per heavy atom. The van der Waals surface area contributed by atoms with Gasteiger partial charge in [-0.3, -0.25) is 4.79 Å². The molecule has 0 saturated carbocycles. The normalized spacial score (nSPS) is 27.3. The number of ether oxygens (including phenoxy) is 1. The van der Waals surface area contributed by atoms with Crippen molar-refractivity contribution in [3.8, 4) is 0 Å². The second-order valence-corrected chi connectivity index (χ2v) is 4.05. The molecular formula is C11H19NO3. The molecule has 3 unspecified atom stereocenters. The van der Waals surface area contributed by atoms with E-state index in [0.29, 0.717) is 18.9 Å². The van der Waals surface area contributed by atoms with Crippen molar-refractivity contribution in [2.24, 2.45) is 11.8 Å². The molecule has 0 aliphatic carbocycles. The molecule has 86 valence electrons. The second kappa shape index (κ2) is 5.14. The lowest BCUT2D eigenvalue weighted by atomic mass is 9.86. The molecule has 1 aliphatic rings. The van der Waals surface area contributed by atoms with Gasteiger partial charge < -0.3 is 10.1 Å². The van der Waals surface area contributed by atoms with E-state index in [4.69, 9.17) is 4.74 Å². The van der Waals surface area contributed by atoms with Crippen LogP contribution in [0.25, 0.3) is 0 Å². The van der Waals surface area contributed by atoms with E-state index in [1.807, 2.05) is 0 Å². The summed E-state index contributed by atoms with van der Waals surface area (Å²) in [5.41, 5.74) is 0. The van der Waals surface area contributed by atoms with E-state index in [2.05, 4.69) is 19.2 Å². The monoisotopic (exact) mass is 213 g/mol. The van der Waals surface area contributed by atoms with Gasteiger partial charge in [-0.2, -0.15) is 0 Å². The summed E-state index contributed by atoms with van der Waals surface area (Å²) in [6, 6.07) is -0.438. The molecule has 0 aromatic rings. The molecule has 15 heavy (non-hydrogen) atoms. The van der Waals surface area contributed by atoms with Gasteiger partial charge in [0.2, 0.25) is 5.91 Å². The molecule has 1 aliphatic heterocycles. The largest absolute Gasteiger partial charge is 0.464 e. The van der Waals surface area contributed by atoms with Gasteiger partial charge in [0.05, 0.1) is 6.61 Å². The van der Waals surface area contributed by atoms with E-state index in [1.54, 1.807) is 6.92 Å². The number of nitrogens with one attached hydrogen (secondary N) is 1. The first-order valence-corrected chi connectivity index (χ1v) is 5.56. The van der Waals surface area contributed by atoms with Crippen molar-refractivity contribution in [3.63, 3.8) is 0 Å². The van der Waals surface area contributed by atoms with Gasteiger partial charge in [-0.1, -0.05) is 20.3 Å². The molecule has 1 saturated heterocycles. The molecule has 3 atom stereocenters. The molecule has 0 spiro atoms. The Morgan fingerprint density at radius 3 is 2.80 bits per heavy atom. The summed E-state index contributed by atoms with van der Waals surface area (Å²) in [6.07, 6.45) is 1.41. The van der Waals surface area contributed by atoms with Gasteiger partial charge in [0.15, 0.2) is 0 Å². The molecule has 0 aromatic heterocycles. The Hall–Kier alpha value is -1.06. The highest BCUT2D eigenvalue weighted by molar-refractivity contribution is 5.88. The quantitative estimate of drug-likeness (QED) is 0.711. The molecule has 1 fully saturated rings. The van der Waals surface area contributed by atoms with Gasteiger partial charge in [0, 0.05) is 12.3 Å². The van der Waals surface area contributed by atoms with E-state index >= 15 is 0 Å². The van der Waals surface area contributed by atoms with Crippen LogP contribution in [-0.4, -0.2) is 24.5 Å².